The Morgan fingerprint density at radius 3 is 1.25 bits per heavy atom. The molecule has 0 aliphatic rings. The molecule has 0 amide bonds. The van der Waals surface area contributed by atoms with Gasteiger partial charge in [0.15, 0.2) is 0 Å². The van der Waals surface area contributed by atoms with Crippen LogP contribution in [0, 0.1) is 13.8 Å². The zero-order valence-corrected chi connectivity index (χ0v) is 16.1. The standard InChI is InChI=1S/C22H20N2O4/c1-13-14(2)24-20(16-7-11-18(12-8-16)22(26)28-4)19(23-13)15-5-9-17(10-6-15)21(25)27-3/h5-12H,1-4H3. The van der Waals surface area contributed by atoms with Crippen LogP contribution in [-0.4, -0.2) is 36.1 Å². The number of nitrogens with zero attached hydrogens (tertiary/aromatic N) is 2. The zero-order chi connectivity index (χ0) is 20.3. The lowest BCUT2D eigenvalue weighted by molar-refractivity contribution is 0.0592. The van der Waals surface area contributed by atoms with Crippen LogP contribution in [0.25, 0.3) is 22.5 Å². The Bertz CT molecular complexity index is 941. The highest BCUT2D eigenvalue weighted by molar-refractivity contribution is 5.91. The number of benzene rings is 2. The first-order valence-corrected chi connectivity index (χ1v) is 8.67. The molecule has 1 aromatic heterocycles. The van der Waals surface area contributed by atoms with Crippen LogP contribution in [-0.2, 0) is 9.47 Å². The van der Waals surface area contributed by atoms with E-state index in [0.717, 1.165) is 22.5 Å². The Kier molecular flexibility index (Phi) is 5.49. The minimum atomic E-state index is -0.392. The van der Waals surface area contributed by atoms with Gasteiger partial charge < -0.3 is 9.47 Å². The molecule has 0 saturated carbocycles. The number of ether oxygens (including phenoxy) is 2. The number of aryl methyl sites for hydroxylation is 2. The maximum Gasteiger partial charge on any atom is 0.337 e. The summed E-state index contributed by atoms with van der Waals surface area (Å²) in [5.41, 5.74) is 5.63. The number of carbonyl (C=O) groups is 2. The first-order valence-electron chi connectivity index (χ1n) is 8.67. The number of aromatic nitrogens is 2. The number of hydrogen-bond donors (Lipinski definition) is 0. The molecule has 2 aromatic carbocycles. The van der Waals surface area contributed by atoms with Gasteiger partial charge in [0.25, 0.3) is 0 Å². The van der Waals surface area contributed by atoms with Crippen molar-refractivity contribution >= 4 is 11.9 Å². The Labute approximate surface area is 163 Å². The van der Waals surface area contributed by atoms with Gasteiger partial charge in [-0.1, -0.05) is 24.3 Å². The minimum Gasteiger partial charge on any atom is -0.465 e. The molecular weight excluding hydrogens is 356 g/mol. The van der Waals surface area contributed by atoms with Gasteiger partial charge in [-0.05, 0) is 38.1 Å². The van der Waals surface area contributed by atoms with Crippen molar-refractivity contribution in [3.8, 4) is 22.5 Å². The molecule has 0 spiro atoms. The van der Waals surface area contributed by atoms with Gasteiger partial charge in [-0.2, -0.15) is 0 Å². The lowest BCUT2D eigenvalue weighted by atomic mass is 10.0. The van der Waals surface area contributed by atoms with Gasteiger partial charge in [0.1, 0.15) is 0 Å². The fourth-order valence-electron chi connectivity index (χ4n) is 2.77. The molecule has 0 saturated heterocycles. The SMILES string of the molecule is COC(=O)c1ccc(-c2nc(C)c(C)nc2-c2ccc(C(=O)OC)cc2)cc1. The van der Waals surface area contributed by atoms with E-state index in [9.17, 15) is 9.59 Å². The third-order valence-corrected chi connectivity index (χ3v) is 4.47. The van der Waals surface area contributed by atoms with Crippen molar-refractivity contribution in [2.45, 2.75) is 13.8 Å². The van der Waals surface area contributed by atoms with Crippen LogP contribution in [0.15, 0.2) is 48.5 Å². The summed E-state index contributed by atoms with van der Waals surface area (Å²) in [6.45, 7) is 3.80. The van der Waals surface area contributed by atoms with Crippen molar-refractivity contribution in [3.63, 3.8) is 0 Å². The van der Waals surface area contributed by atoms with E-state index in [1.165, 1.54) is 14.2 Å². The van der Waals surface area contributed by atoms with Crippen molar-refractivity contribution in [2.24, 2.45) is 0 Å². The van der Waals surface area contributed by atoms with Gasteiger partial charge in [0.2, 0.25) is 0 Å². The molecule has 1 heterocycles. The van der Waals surface area contributed by atoms with Gasteiger partial charge in [-0.25, -0.2) is 19.6 Å². The first-order chi connectivity index (χ1) is 13.4. The highest BCUT2D eigenvalue weighted by Crippen LogP contribution is 2.30. The molecule has 0 aliphatic carbocycles. The Balaban J connectivity index is 2.08. The number of carbonyl (C=O) groups excluding carboxylic acids is 2. The molecule has 3 aromatic rings. The Morgan fingerprint density at radius 1 is 0.643 bits per heavy atom. The normalized spacial score (nSPS) is 10.4. The smallest absolute Gasteiger partial charge is 0.337 e. The molecular formula is C22H20N2O4. The summed E-state index contributed by atoms with van der Waals surface area (Å²) in [6.07, 6.45) is 0. The van der Waals surface area contributed by atoms with Gasteiger partial charge in [-0.15, -0.1) is 0 Å². The van der Waals surface area contributed by atoms with Crippen LogP contribution in [0.3, 0.4) is 0 Å². The van der Waals surface area contributed by atoms with Gasteiger partial charge in [0.05, 0.1) is 48.1 Å². The number of hydrogen-bond acceptors (Lipinski definition) is 6. The maximum absolute atomic E-state index is 11.7. The van der Waals surface area contributed by atoms with E-state index in [0.29, 0.717) is 22.5 Å². The van der Waals surface area contributed by atoms with E-state index in [1.807, 2.05) is 38.1 Å². The molecule has 28 heavy (non-hydrogen) atoms. The molecule has 0 fully saturated rings. The Hall–Kier alpha value is -3.54. The maximum atomic E-state index is 11.7. The topological polar surface area (TPSA) is 78.4 Å². The summed E-state index contributed by atoms with van der Waals surface area (Å²) in [5.74, 6) is -0.785. The average Bonchev–Trinajstić information content (AvgIpc) is 2.74. The second kappa shape index (κ2) is 8.00. The van der Waals surface area contributed by atoms with E-state index in [4.69, 9.17) is 19.4 Å². The van der Waals surface area contributed by atoms with Crippen molar-refractivity contribution in [3.05, 3.63) is 71.0 Å². The second-order valence-electron chi connectivity index (χ2n) is 6.23. The van der Waals surface area contributed by atoms with Crippen molar-refractivity contribution in [1.82, 2.24) is 9.97 Å². The van der Waals surface area contributed by atoms with Crippen LogP contribution in [0.2, 0.25) is 0 Å². The van der Waals surface area contributed by atoms with Crippen LogP contribution in [0.5, 0.6) is 0 Å². The number of methoxy groups -OCH3 is 2. The van der Waals surface area contributed by atoms with Gasteiger partial charge in [0, 0.05) is 11.1 Å². The minimum absolute atomic E-state index is 0.392. The third-order valence-electron chi connectivity index (χ3n) is 4.47. The second-order valence-corrected chi connectivity index (χ2v) is 6.23. The summed E-state index contributed by atoms with van der Waals surface area (Å²) >= 11 is 0. The molecule has 6 nitrogen and oxygen atoms in total. The van der Waals surface area contributed by atoms with E-state index >= 15 is 0 Å². The third kappa shape index (κ3) is 3.76. The monoisotopic (exact) mass is 376 g/mol. The predicted octanol–water partition coefficient (Wildman–Crippen LogP) is 4.00. The summed E-state index contributed by atoms with van der Waals surface area (Å²) in [4.78, 5) is 32.8. The molecule has 0 bridgehead atoms. The summed E-state index contributed by atoms with van der Waals surface area (Å²) < 4.78 is 9.49. The lowest BCUT2D eigenvalue weighted by Crippen LogP contribution is -2.03. The van der Waals surface area contributed by atoms with Crippen LogP contribution in [0.1, 0.15) is 32.1 Å². The van der Waals surface area contributed by atoms with Gasteiger partial charge >= 0.3 is 11.9 Å². The summed E-state index contributed by atoms with van der Waals surface area (Å²) in [7, 11) is 2.70. The van der Waals surface area contributed by atoms with Crippen LogP contribution >= 0.6 is 0 Å². The molecule has 0 atom stereocenters. The molecule has 6 heteroatoms. The van der Waals surface area contributed by atoms with Crippen LogP contribution < -0.4 is 0 Å². The first kappa shape index (κ1) is 19.2. The number of rotatable bonds is 4. The van der Waals surface area contributed by atoms with E-state index in [1.54, 1.807) is 24.3 Å². The average molecular weight is 376 g/mol. The van der Waals surface area contributed by atoms with Crippen LogP contribution in [0.4, 0.5) is 0 Å². The highest BCUT2D eigenvalue weighted by Gasteiger charge is 2.15. The predicted molar refractivity (Wildman–Crippen MR) is 105 cm³/mol. The largest absolute Gasteiger partial charge is 0.465 e. The van der Waals surface area contributed by atoms with Gasteiger partial charge in [-0.3, -0.25) is 0 Å². The zero-order valence-electron chi connectivity index (χ0n) is 16.1. The molecule has 0 N–H and O–H groups in total. The summed E-state index contributed by atoms with van der Waals surface area (Å²) in [5, 5.41) is 0. The fourth-order valence-corrected chi connectivity index (χ4v) is 2.77. The molecule has 3 rings (SSSR count). The lowest BCUT2D eigenvalue weighted by Gasteiger charge is -2.12. The molecule has 142 valence electrons. The Morgan fingerprint density at radius 2 is 0.964 bits per heavy atom. The number of esters is 2. The van der Waals surface area contributed by atoms with E-state index < -0.39 is 11.9 Å². The van der Waals surface area contributed by atoms with Crippen molar-refractivity contribution < 1.29 is 19.1 Å². The summed E-state index contributed by atoms with van der Waals surface area (Å²) in [6, 6.07) is 14.1. The molecule has 0 aliphatic heterocycles. The highest BCUT2D eigenvalue weighted by atomic mass is 16.5. The molecule has 0 unspecified atom stereocenters. The fraction of sp³-hybridized carbons (Fsp3) is 0.182. The quantitative estimate of drug-likeness (QED) is 0.641. The van der Waals surface area contributed by atoms with Crippen molar-refractivity contribution in [2.75, 3.05) is 14.2 Å². The van der Waals surface area contributed by atoms with E-state index in [2.05, 4.69) is 0 Å². The van der Waals surface area contributed by atoms with E-state index in [-0.39, 0.29) is 0 Å². The van der Waals surface area contributed by atoms with Crippen molar-refractivity contribution in [1.29, 1.82) is 0 Å². The molecule has 0 radical (unpaired) electrons.